The Bertz CT molecular complexity index is 1470. The van der Waals surface area contributed by atoms with Gasteiger partial charge in [-0.2, -0.15) is 0 Å². The zero-order valence-corrected chi connectivity index (χ0v) is 31.7. The molecule has 1 aromatic heterocycles. The monoisotopic (exact) mass is 729 g/mol. The van der Waals surface area contributed by atoms with Crippen LogP contribution in [0.4, 0.5) is 0 Å². The summed E-state index contributed by atoms with van der Waals surface area (Å²) in [5.74, 6) is -3.96. The number of carboxylic acid groups (broad SMARTS) is 1. The highest BCUT2D eigenvalue weighted by Gasteiger charge is 2.37. The first-order valence-corrected chi connectivity index (χ1v) is 18.6. The number of amides is 3. The predicted octanol–water partition coefficient (Wildman–Crippen LogP) is 3.67. The highest BCUT2D eigenvalue weighted by Crippen LogP contribution is 2.31. The van der Waals surface area contributed by atoms with Crippen molar-refractivity contribution in [2.75, 3.05) is 27.2 Å². The molecule has 282 valence electrons. The molecular formula is C37H55N5O8S. The summed E-state index contributed by atoms with van der Waals surface area (Å²) in [6, 6.07) is 7.23. The number of carboxylic acids is 1. The lowest BCUT2D eigenvalue weighted by Gasteiger charge is -2.37. The lowest BCUT2D eigenvalue weighted by atomic mass is 9.94. The van der Waals surface area contributed by atoms with Crippen molar-refractivity contribution < 1.29 is 38.9 Å². The Labute approximate surface area is 305 Å². The normalized spacial score (nSPS) is 18.0. The number of piperidine rings is 1. The number of likely N-dealkylation sites (tertiary alicyclic amines) is 1. The molecule has 1 fully saturated rings. The summed E-state index contributed by atoms with van der Waals surface area (Å²) in [5, 5.41) is 27.0. The smallest absolute Gasteiger partial charge is 0.308 e. The number of likely N-dealkylation sites (N-methyl/N-ethyl adjacent to an activating group) is 2. The average Bonchev–Trinajstić information content (AvgIpc) is 3.58. The molecule has 1 saturated heterocycles. The van der Waals surface area contributed by atoms with Gasteiger partial charge in [-0.1, -0.05) is 64.4 Å². The van der Waals surface area contributed by atoms with Crippen molar-refractivity contribution >= 4 is 41.0 Å². The maximum Gasteiger partial charge on any atom is 0.308 e. The first kappa shape index (κ1) is 41.5. The predicted molar refractivity (Wildman–Crippen MR) is 194 cm³/mol. The number of aliphatic hydroxyl groups is 1. The summed E-state index contributed by atoms with van der Waals surface area (Å²) in [4.78, 5) is 72.9. The second kappa shape index (κ2) is 19.7. The number of rotatable bonds is 18. The van der Waals surface area contributed by atoms with Crippen LogP contribution in [0.1, 0.15) is 93.9 Å². The molecule has 0 radical (unpaired) electrons. The lowest BCUT2D eigenvalue weighted by molar-refractivity contribution is -0.149. The van der Waals surface area contributed by atoms with E-state index >= 15 is 0 Å². The van der Waals surface area contributed by atoms with Gasteiger partial charge in [0.1, 0.15) is 16.7 Å². The zero-order chi connectivity index (χ0) is 37.8. The number of benzene rings is 1. The van der Waals surface area contributed by atoms with Crippen LogP contribution in [-0.4, -0.2) is 106 Å². The minimum Gasteiger partial charge on any atom is -0.481 e. The largest absolute Gasteiger partial charge is 0.481 e. The summed E-state index contributed by atoms with van der Waals surface area (Å²) < 4.78 is 5.73. The molecule has 0 bridgehead atoms. The number of aliphatic hydroxyl groups excluding tert-OH is 1. The van der Waals surface area contributed by atoms with Crippen LogP contribution in [0.15, 0.2) is 35.7 Å². The van der Waals surface area contributed by atoms with E-state index in [4.69, 9.17) is 4.74 Å². The van der Waals surface area contributed by atoms with Crippen LogP contribution in [0.25, 0.3) is 0 Å². The summed E-state index contributed by atoms with van der Waals surface area (Å²) in [5.41, 5.74) is 0.958. The lowest BCUT2D eigenvalue weighted by Crippen LogP contribution is -2.57. The Morgan fingerprint density at radius 2 is 1.73 bits per heavy atom. The molecule has 0 saturated carbocycles. The first-order valence-electron chi connectivity index (χ1n) is 17.7. The second-order valence-corrected chi connectivity index (χ2v) is 15.1. The fourth-order valence-electron chi connectivity index (χ4n) is 6.54. The van der Waals surface area contributed by atoms with Gasteiger partial charge in [-0.3, -0.25) is 28.9 Å². The van der Waals surface area contributed by atoms with Crippen LogP contribution < -0.4 is 10.6 Å². The molecule has 4 N–H and O–H groups in total. The molecule has 6 atom stereocenters. The third-order valence-corrected chi connectivity index (χ3v) is 10.4. The van der Waals surface area contributed by atoms with E-state index in [-0.39, 0.29) is 48.2 Å². The maximum absolute atomic E-state index is 14.0. The molecule has 3 rings (SSSR count). The molecule has 0 unspecified atom stereocenters. The molecular weight excluding hydrogens is 675 g/mol. The maximum atomic E-state index is 14.0. The Kier molecular flexibility index (Phi) is 16.0. The van der Waals surface area contributed by atoms with Crippen molar-refractivity contribution in [3.8, 4) is 0 Å². The number of nitrogens with one attached hydrogen (secondary N) is 2. The Hall–Kier alpha value is -3.88. The molecule has 1 aliphatic heterocycles. The molecule has 51 heavy (non-hydrogen) atoms. The van der Waals surface area contributed by atoms with Crippen LogP contribution >= 0.6 is 11.3 Å². The van der Waals surface area contributed by atoms with Gasteiger partial charge in [-0.15, -0.1) is 11.3 Å². The quantitative estimate of drug-likeness (QED) is 0.166. The number of ether oxygens (including phenoxy) is 1. The Balaban J connectivity index is 1.80. The van der Waals surface area contributed by atoms with Crippen LogP contribution in [0.3, 0.4) is 0 Å². The zero-order valence-electron chi connectivity index (χ0n) is 30.8. The fraction of sp³-hybridized carbons (Fsp3) is 0.622. The molecule has 13 nitrogen and oxygen atoms in total. The SMILES string of the molecule is CC(=O)O[C@H](C[C@H](C(C)C)N(C)C(=O)[C@@H](NC(=O)[C@H]1CCCCN1C)C(C)C)c1nc(C(=O)N[C@@H](Cc2ccccc2)C[C@H](CO)C(=O)O)cs1. The summed E-state index contributed by atoms with van der Waals surface area (Å²) in [7, 11) is 3.62. The number of aliphatic carboxylic acids is 1. The van der Waals surface area contributed by atoms with E-state index < -0.39 is 54.6 Å². The number of carbonyl (C=O) groups excluding carboxylic acids is 4. The van der Waals surface area contributed by atoms with Gasteiger partial charge in [-0.05, 0) is 56.7 Å². The van der Waals surface area contributed by atoms with Crippen molar-refractivity contribution in [1.29, 1.82) is 0 Å². The van der Waals surface area contributed by atoms with E-state index in [1.807, 2.05) is 70.0 Å². The minimum absolute atomic E-state index is 0.00511. The molecule has 1 aliphatic rings. The van der Waals surface area contributed by atoms with Crippen LogP contribution in [0, 0.1) is 17.8 Å². The van der Waals surface area contributed by atoms with Gasteiger partial charge < -0.3 is 30.5 Å². The van der Waals surface area contributed by atoms with E-state index in [1.165, 1.54) is 6.92 Å². The molecule has 3 amide bonds. The minimum atomic E-state index is -1.16. The molecule has 2 heterocycles. The average molecular weight is 730 g/mol. The number of aromatic nitrogens is 1. The van der Waals surface area contributed by atoms with Crippen LogP contribution in [-0.2, 0) is 30.3 Å². The van der Waals surface area contributed by atoms with E-state index in [9.17, 15) is 34.2 Å². The second-order valence-electron chi connectivity index (χ2n) is 14.2. The van der Waals surface area contributed by atoms with Gasteiger partial charge in [0.25, 0.3) is 5.91 Å². The number of hydrogen-bond acceptors (Lipinski definition) is 10. The fourth-order valence-corrected chi connectivity index (χ4v) is 7.38. The van der Waals surface area contributed by atoms with Crippen molar-refractivity contribution in [2.45, 2.75) is 103 Å². The van der Waals surface area contributed by atoms with Gasteiger partial charge in [0, 0.05) is 37.9 Å². The number of esters is 1. The van der Waals surface area contributed by atoms with Gasteiger partial charge in [-0.25, -0.2) is 4.98 Å². The van der Waals surface area contributed by atoms with E-state index in [0.29, 0.717) is 11.4 Å². The number of hydrogen-bond donors (Lipinski definition) is 4. The van der Waals surface area contributed by atoms with Gasteiger partial charge in [0.15, 0.2) is 6.10 Å². The number of nitrogens with zero attached hydrogens (tertiary/aromatic N) is 3. The summed E-state index contributed by atoms with van der Waals surface area (Å²) in [6.45, 7) is 9.25. The number of thiazole rings is 1. The Morgan fingerprint density at radius 1 is 1.04 bits per heavy atom. The van der Waals surface area contributed by atoms with E-state index in [1.54, 1.807) is 17.3 Å². The molecule has 14 heteroatoms. The van der Waals surface area contributed by atoms with E-state index in [0.717, 1.165) is 42.7 Å². The van der Waals surface area contributed by atoms with Crippen LogP contribution in [0.2, 0.25) is 0 Å². The standard InChI is InChI=1S/C37H55N5O8S/c1-22(2)30(42(7)36(47)32(23(3)4)40-34(46)29-15-11-12-16-41(29)6)19-31(50-24(5)44)35-39-28(21-51-35)33(45)38-27(18-26(20-43)37(48)49)17-25-13-9-8-10-14-25/h8-10,13-14,21-23,26-27,29-32,43H,11-12,15-20H2,1-7H3,(H,38,45)(H,40,46)(H,48,49)/t26-,27+,29-,30-,31-,32+/m1/s1. The third kappa shape index (κ3) is 12.1. The molecule has 0 aliphatic carbocycles. The molecule has 0 spiro atoms. The van der Waals surface area contributed by atoms with Crippen molar-refractivity contribution in [2.24, 2.45) is 17.8 Å². The van der Waals surface area contributed by atoms with Crippen molar-refractivity contribution in [3.05, 3.63) is 52.0 Å². The molecule has 2 aromatic rings. The van der Waals surface area contributed by atoms with E-state index in [2.05, 4.69) is 15.6 Å². The summed E-state index contributed by atoms with van der Waals surface area (Å²) >= 11 is 1.14. The van der Waals surface area contributed by atoms with Crippen molar-refractivity contribution in [3.63, 3.8) is 0 Å². The highest BCUT2D eigenvalue weighted by molar-refractivity contribution is 7.09. The molecule has 1 aromatic carbocycles. The van der Waals surface area contributed by atoms with Gasteiger partial charge in [0.05, 0.1) is 18.6 Å². The third-order valence-electron chi connectivity index (χ3n) is 9.51. The Morgan fingerprint density at radius 3 is 2.29 bits per heavy atom. The highest BCUT2D eigenvalue weighted by atomic mass is 32.1. The van der Waals surface area contributed by atoms with Crippen molar-refractivity contribution in [1.82, 2.24) is 25.4 Å². The van der Waals surface area contributed by atoms with Crippen LogP contribution in [0.5, 0.6) is 0 Å². The number of carbonyl (C=O) groups is 5. The summed E-state index contributed by atoms with van der Waals surface area (Å²) in [6.07, 6.45) is 2.41. The van der Waals surface area contributed by atoms with Gasteiger partial charge in [0.2, 0.25) is 11.8 Å². The van der Waals surface area contributed by atoms with Gasteiger partial charge >= 0.3 is 11.9 Å². The first-order chi connectivity index (χ1) is 24.1. The topological polar surface area (TPSA) is 178 Å².